The Hall–Kier alpha value is -2.48. The van der Waals surface area contributed by atoms with Gasteiger partial charge in [0.1, 0.15) is 0 Å². The molecule has 19 heavy (non-hydrogen) atoms. The molecule has 2 rings (SSSR count). The van der Waals surface area contributed by atoms with Crippen LogP contribution >= 0.6 is 0 Å². The van der Waals surface area contributed by atoms with E-state index >= 15 is 0 Å². The van der Waals surface area contributed by atoms with E-state index in [4.69, 9.17) is 5.11 Å². The summed E-state index contributed by atoms with van der Waals surface area (Å²) in [6.07, 6.45) is 2.80. The standard InChI is InChI=1S/C11H9N3O4S/c15-10(16)8-2-4-9(5-3-8)19(17,18)14-11-12-6-1-7-13-11/h1-7H,(H,15,16)(H,12,13,14). The predicted molar refractivity (Wildman–Crippen MR) is 66.2 cm³/mol. The van der Waals surface area contributed by atoms with Gasteiger partial charge in [-0.1, -0.05) is 0 Å². The van der Waals surface area contributed by atoms with Crippen LogP contribution in [0.15, 0.2) is 47.6 Å². The minimum absolute atomic E-state index is 0.00918. The SMILES string of the molecule is O=C(O)c1ccc(S(=O)(=O)Nc2ncccn2)cc1. The van der Waals surface area contributed by atoms with Gasteiger partial charge in [-0.2, -0.15) is 0 Å². The van der Waals surface area contributed by atoms with Crippen LogP contribution in [0.5, 0.6) is 0 Å². The summed E-state index contributed by atoms with van der Waals surface area (Å²) in [5, 5.41) is 8.73. The van der Waals surface area contributed by atoms with Crippen LogP contribution in [-0.2, 0) is 10.0 Å². The summed E-state index contributed by atoms with van der Waals surface area (Å²) in [4.78, 5) is 18.1. The number of hydrogen-bond donors (Lipinski definition) is 2. The number of anilines is 1. The first kappa shape index (κ1) is 13.0. The lowest BCUT2D eigenvalue weighted by molar-refractivity contribution is 0.0697. The fourth-order valence-electron chi connectivity index (χ4n) is 1.31. The molecule has 0 radical (unpaired) electrons. The van der Waals surface area contributed by atoms with Crippen LogP contribution in [0.3, 0.4) is 0 Å². The molecule has 0 unspecified atom stereocenters. The van der Waals surface area contributed by atoms with E-state index in [0.717, 1.165) is 0 Å². The number of hydrogen-bond acceptors (Lipinski definition) is 5. The number of nitrogens with one attached hydrogen (secondary N) is 1. The average molecular weight is 279 g/mol. The molecule has 0 aliphatic carbocycles. The highest BCUT2D eigenvalue weighted by molar-refractivity contribution is 7.92. The molecule has 0 aliphatic rings. The van der Waals surface area contributed by atoms with Crippen LogP contribution in [0.2, 0.25) is 0 Å². The van der Waals surface area contributed by atoms with Crippen molar-refractivity contribution in [3.63, 3.8) is 0 Å². The van der Waals surface area contributed by atoms with Crippen LogP contribution in [0.25, 0.3) is 0 Å². The Morgan fingerprint density at radius 2 is 1.68 bits per heavy atom. The van der Waals surface area contributed by atoms with Crippen molar-refractivity contribution in [2.75, 3.05) is 4.72 Å². The lowest BCUT2D eigenvalue weighted by Crippen LogP contribution is -2.15. The van der Waals surface area contributed by atoms with Crippen molar-refractivity contribution in [2.24, 2.45) is 0 Å². The molecule has 1 aromatic carbocycles. The first-order chi connectivity index (χ1) is 8.99. The Bertz CT molecular complexity index is 684. The summed E-state index contributed by atoms with van der Waals surface area (Å²) in [6, 6.07) is 6.38. The monoisotopic (exact) mass is 279 g/mol. The molecule has 0 atom stereocenters. The van der Waals surface area contributed by atoms with Crippen molar-refractivity contribution >= 4 is 21.9 Å². The number of aromatic nitrogens is 2. The van der Waals surface area contributed by atoms with Crippen molar-refractivity contribution in [1.29, 1.82) is 0 Å². The molecule has 2 aromatic rings. The topological polar surface area (TPSA) is 109 Å². The van der Waals surface area contributed by atoms with Crippen LogP contribution in [0.1, 0.15) is 10.4 Å². The van der Waals surface area contributed by atoms with Crippen LogP contribution in [0.4, 0.5) is 5.95 Å². The van der Waals surface area contributed by atoms with E-state index in [2.05, 4.69) is 14.7 Å². The third-order valence-electron chi connectivity index (χ3n) is 2.20. The smallest absolute Gasteiger partial charge is 0.335 e. The van der Waals surface area contributed by atoms with Gasteiger partial charge < -0.3 is 5.11 Å². The number of benzene rings is 1. The first-order valence-electron chi connectivity index (χ1n) is 5.12. The molecule has 0 saturated carbocycles. The number of carbonyl (C=O) groups is 1. The third kappa shape index (κ3) is 3.05. The zero-order valence-electron chi connectivity index (χ0n) is 9.52. The van der Waals surface area contributed by atoms with Gasteiger partial charge in [0.05, 0.1) is 10.5 Å². The summed E-state index contributed by atoms with van der Waals surface area (Å²) in [7, 11) is -3.82. The molecule has 98 valence electrons. The van der Waals surface area contributed by atoms with E-state index < -0.39 is 16.0 Å². The highest BCUT2D eigenvalue weighted by Gasteiger charge is 2.15. The summed E-state index contributed by atoms with van der Waals surface area (Å²) in [5.41, 5.74) is 0.00918. The Kier molecular flexibility index (Phi) is 3.43. The molecule has 0 amide bonds. The normalized spacial score (nSPS) is 10.9. The predicted octanol–water partition coefficient (Wildman–Crippen LogP) is 0.976. The van der Waals surface area contributed by atoms with Crippen LogP contribution in [0, 0.1) is 0 Å². The fourth-order valence-corrected chi connectivity index (χ4v) is 2.27. The minimum atomic E-state index is -3.82. The molecule has 1 heterocycles. The summed E-state index contributed by atoms with van der Waals surface area (Å²) in [6.45, 7) is 0. The van der Waals surface area contributed by atoms with Gasteiger partial charge in [-0.3, -0.25) is 0 Å². The van der Waals surface area contributed by atoms with Gasteiger partial charge in [-0.05, 0) is 30.3 Å². The molecule has 0 saturated heterocycles. The number of rotatable bonds is 4. The third-order valence-corrected chi connectivity index (χ3v) is 3.55. The van der Waals surface area contributed by atoms with E-state index in [-0.39, 0.29) is 16.4 Å². The van der Waals surface area contributed by atoms with Gasteiger partial charge in [-0.15, -0.1) is 0 Å². The zero-order chi connectivity index (χ0) is 13.9. The largest absolute Gasteiger partial charge is 0.478 e. The Balaban J connectivity index is 2.27. The van der Waals surface area contributed by atoms with Gasteiger partial charge in [0.2, 0.25) is 5.95 Å². The van der Waals surface area contributed by atoms with Gasteiger partial charge in [0.25, 0.3) is 10.0 Å². The maximum Gasteiger partial charge on any atom is 0.335 e. The lowest BCUT2D eigenvalue weighted by atomic mass is 10.2. The van der Waals surface area contributed by atoms with Crippen molar-refractivity contribution in [3.8, 4) is 0 Å². The number of carboxylic acid groups (broad SMARTS) is 1. The van der Waals surface area contributed by atoms with Crippen LogP contribution < -0.4 is 4.72 Å². The Morgan fingerprint density at radius 3 is 2.21 bits per heavy atom. The molecular formula is C11H9N3O4S. The van der Waals surface area contributed by atoms with Gasteiger partial charge in [0, 0.05) is 12.4 Å². The first-order valence-corrected chi connectivity index (χ1v) is 6.60. The average Bonchev–Trinajstić information content (AvgIpc) is 2.39. The highest BCUT2D eigenvalue weighted by atomic mass is 32.2. The summed E-state index contributed by atoms with van der Waals surface area (Å²) >= 11 is 0. The Labute approximate surface area is 109 Å². The number of nitrogens with zero attached hydrogens (tertiary/aromatic N) is 2. The van der Waals surface area contributed by atoms with Gasteiger partial charge >= 0.3 is 5.97 Å². The van der Waals surface area contributed by atoms with Crippen molar-refractivity contribution < 1.29 is 18.3 Å². The molecule has 7 nitrogen and oxygen atoms in total. The Morgan fingerprint density at radius 1 is 1.11 bits per heavy atom. The molecule has 1 aromatic heterocycles. The quantitative estimate of drug-likeness (QED) is 0.863. The molecular weight excluding hydrogens is 270 g/mol. The van der Waals surface area contributed by atoms with Crippen LogP contribution in [-0.4, -0.2) is 29.5 Å². The number of sulfonamides is 1. The van der Waals surface area contributed by atoms with Crippen molar-refractivity contribution in [1.82, 2.24) is 9.97 Å². The van der Waals surface area contributed by atoms with E-state index in [1.807, 2.05) is 0 Å². The minimum Gasteiger partial charge on any atom is -0.478 e. The molecule has 0 spiro atoms. The van der Waals surface area contributed by atoms with Gasteiger partial charge in [-0.25, -0.2) is 27.9 Å². The summed E-state index contributed by atoms with van der Waals surface area (Å²) in [5.74, 6) is -1.17. The molecule has 2 N–H and O–H groups in total. The van der Waals surface area contributed by atoms with Crippen molar-refractivity contribution in [2.45, 2.75) is 4.90 Å². The highest BCUT2D eigenvalue weighted by Crippen LogP contribution is 2.13. The lowest BCUT2D eigenvalue weighted by Gasteiger charge is -2.06. The second kappa shape index (κ2) is 5.02. The van der Waals surface area contributed by atoms with E-state index in [1.54, 1.807) is 6.07 Å². The molecule has 0 bridgehead atoms. The molecule has 0 fully saturated rings. The van der Waals surface area contributed by atoms with Crippen molar-refractivity contribution in [3.05, 3.63) is 48.3 Å². The van der Waals surface area contributed by atoms with E-state index in [9.17, 15) is 13.2 Å². The number of aromatic carboxylic acids is 1. The molecule has 0 aliphatic heterocycles. The second-order valence-electron chi connectivity index (χ2n) is 3.51. The fraction of sp³-hybridized carbons (Fsp3) is 0. The van der Waals surface area contributed by atoms with E-state index in [0.29, 0.717) is 0 Å². The van der Waals surface area contributed by atoms with Gasteiger partial charge in [0.15, 0.2) is 0 Å². The maximum absolute atomic E-state index is 11.9. The van der Waals surface area contributed by atoms with E-state index in [1.165, 1.54) is 36.7 Å². The molecule has 8 heteroatoms. The number of carboxylic acids is 1. The maximum atomic E-state index is 11.9. The summed E-state index contributed by atoms with van der Waals surface area (Å²) < 4.78 is 26.1. The second-order valence-corrected chi connectivity index (χ2v) is 5.19. The zero-order valence-corrected chi connectivity index (χ0v) is 10.3.